The highest BCUT2D eigenvalue weighted by Gasteiger charge is 2.19. The van der Waals surface area contributed by atoms with Crippen molar-refractivity contribution in [1.29, 1.82) is 0 Å². The number of carbonyl (C=O) groups is 2. The number of aryl methyl sites for hydroxylation is 1. The Bertz CT molecular complexity index is 1470. The summed E-state index contributed by atoms with van der Waals surface area (Å²) in [6, 6.07) is 19.9. The van der Waals surface area contributed by atoms with Gasteiger partial charge in [-0.1, -0.05) is 47.6 Å². The second-order valence-electron chi connectivity index (χ2n) is 8.05. The number of nitrogens with zero attached hydrogens (tertiary/aromatic N) is 1. The molecule has 0 saturated carbocycles. The molecule has 180 valence electrons. The van der Waals surface area contributed by atoms with Gasteiger partial charge >= 0.3 is 0 Å². The Hall–Kier alpha value is -4.18. The first-order chi connectivity index (χ1) is 16.7. The van der Waals surface area contributed by atoms with Gasteiger partial charge in [-0.2, -0.15) is 0 Å². The molecule has 0 saturated heterocycles. The van der Waals surface area contributed by atoms with Crippen LogP contribution in [-0.4, -0.2) is 31.4 Å². The lowest BCUT2D eigenvalue weighted by atomic mass is 10.0. The Morgan fingerprint density at radius 1 is 1.00 bits per heavy atom. The number of hydrogen-bond acceptors (Lipinski definition) is 6. The predicted octanol–water partition coefficient (Wildman–Crippen LogP) is 3.62. The van der Waals surface area contributed by atoms with Gasteiger partial charge in [0.05, 0.1) is 11.3 Å². The van der Waals surface area contributed by atoms with Crippen LogP contribution in [0, 0.1) is 6.92 Å². The molecular formula is C25H24N4O5S. The van der Waals surface area contributed by atoms with E-state index in [9.17, 15) is 18.0 Å². The van der Waals surface area contributed by atoms with E-state index < -0.39 is 22.0 Å². The van der Waals surface area contributed by atoms with Gasteiger partial charge < -0.3 is 15.2 Å². The normalized spacial score (nSPS) is 12.2. The third-order valence-electron chi connectivity index (χ3n) is 5.30. The van der Waals surface area contributed by atoms with Crippen LogP contribution in [0.4, 0.5) is 11.5 Å². The van der Waals surface area contributed by atoms with Gasteiger partial charge in [0.1, 0.15) is 11.8 Å². The third kappa shape index (κ3) is 5.85. The fourth-order valence-electron chi connectivity index (χ4n) is 3.56. The fourth-order valence-corrected chi connectivity index (χ4v) is 4.54. The van der Waals surface area contributed by atoms with Crippen LogP contribution in [0.1, 0.15) is 18.2 Å². The van der Waals surface area contributed by atoms with Gasteiger partial charge in [0.25, 0.3) is 10.0 Å². The van der Waals surface area contributed by atoms with Crippen molar-refractivity contribution in [3.05, 3.63) is 84.1 Å². The van der Waals surface area contributed by atoms with Crippen molar-refractivity contribution in [2.45, 2.75) is 31.2 Å². The summed E-state index contributed by atoms with van der Waals surface area (Å²) in [7, 11) is -3.87. The average Bonchev–Trinajstić information content (AvgIpc) is 3.23. The lowest BCUT2D eigenvalue weighted by Crippen LogP contribution is -2.42. The van der Waals surface area contributed by atoms with Crippen molar-refractivity contribution in [2.75, 3.05) is 10.0 Å². The maximum atomic E-state index is 12.6. The molecule has 10 heteroatoms. The summed E-state index contributed by atoms with van der Waals surface area (Å²) in [5.41, 5.74) is 1.26. The van der Waals surface area contributed by atoms with Crippen molar-refractivity contribution in [1.82, 2.24) is 10.5 Å². The lowest BCUT2D eigenvalue weighted by Gasteiger charge is -2.15. The Morgan fingerprint density at radius 3 is 2.43 bits per heavy atom. The predicted molar refractivity (Wildman–Crippen MR) is 132 cm³/mol. The number of aromatic nitrogens is 1. The van der Waals surface area contributed by atoms with Crippen LogP contribution in [0.25, 0.3) is 10.8 Å². The highest BCUT2D eigenvalue weighted by molar-refractivity contribution is 7.92. The molecule has 1 atom stereocenters. The van der Waals surface area contributed by atoms with Crippen LogP contribution in [0.5, 0.6) is 0 Å². The molecule has 0 aliphatic rings. The van der Waals surface area contributed by atoms with E-state index in [2.05, 4.69) is 20.5 Å². The topological polar surface area (TPSA) is 130 Å². The fraction of sp³-hybridized carbons (Fsp3) is 0.160. The van der Waals surface area contributed by atoms with E-state index in [1.807, 2.05) is 42.5 Å². The van der Waals surface area contributed by atoms with Gasteiger partial charge in [0.2, 0.25) is 11.8 Å². The van der Waals surface area contributed by atoms with Crippen LogP contribution in [0.2, 0.25) is 0 Å². The minimum atomic E-state index is -3.87. The Balaban J connectivity index is 1.34. The smallest absolute Gasteiger partial charge is 0.263 e. The number of anilines is 2. The molecule has 0 fully saturated rings. The molecule has 3 N–H and O–H groups in total. The Labute approximate surface area is 202 Å². The largest absolute Gasteiger partial charge is 0.360 e. The molecule has 0 radical (unpaired) electrons. The molecule has 0 unspecified atom stereocenters. The van der Waals surface area contributed by atoms with Crippen molar-refractivity contribution >= 4 is 44.1 Å². The molecule has 1 aromatic heterocycles. The van der Waals surface area contributed by atoms with E-state index in [1.54, 1.807) is 13.8 Å². The van der Waals surface area contributed by atoms with E-state index in [4.69, 9.17) is 4.52 Å². The zero-order chi connectivity index (χ0) is 25.0. The number of sulfonamides is 1. The van der Waals surface area contributed by atoms with Gasteiger partial charge in [0, 0.05) is 11.8 Å². The van der Waals surface area contributed by atoms with Crippen molar-refractivity contribution < 1.29 is 22.5 Å². The molecule has 3 aromatic carbocycles. The maximum Gasteiger partial charge on any atom is 0.263 e. The van der Waals surface area contributed by atoms with E-state index in [0.717, 1.165) is 16.3 Å². The molecule has 0 aliphatic heterocycles. The molecule has 1 heterocycles. The number of nitrogens with one attached hydrogen (secondary N) is 3. The van der Waals surface area contributed by atoms with Crippen LogP contribution in [0.15, 0.2) is 82.2 Å². The summed E-state index contributed by atoms with van der Waals surface area (Å²) in [6.07, 6.45) is 0.142. The number of rotatable bonds is 8. The Kier molecular flexibility index (Phi) is 6.83. The van der Waals surface area contributed by atoms with Crippen LogP contribution >= 0.6 is 0 Å². The zero-order valence-corrected chi connectivity index (χ0v) is 19.9. The summed E-state index contributed by atoms with van der Waals surface area (Å²) in [4.78, 5) is 25.1. The molecule has 0 spiro atoms. The quantitative estimate of drug-likeness (QED) is 0.344. The summed E-state index contributed by atoms with van der Waals surface area (Å²) < 4.78 is 32.1. The molecule has 0 bridgehead atoms. The highest BCUT2D eigenvalue weighted by Crippen LogP contribution is 2.20. The standard InChI is InChI=1S/C25H24N4O5S/c1-16-14-23(28-34-16)29-35(32,33)21-12-10-20(11-13-21)27-25(31)17(2)26-24(30)15-19-8-5-7-18-6-3-4-9-22(18)19/h3-14,17H,15H2,1-2H3,(H,26,30)(H,27,31)(H,28,29)/t17-/m1/s1. The second-order valence-corrected chi connectivity index (χ2v) is 9.73. The van der Waals surface area contributed by atoms with Crippen LogP contribution in [0.3, 0.4) is 0 Å². The van der Waals surface area contributed by atoms with Crippen LogP contribution < -0.4 is 15.4 Å². The molecule has 35 heavy (non-hydrogen) atoms. The van der Waals surface area contributed by atoms with Crippen molar-refractivity contribution in [2.24, 2.45) is 0 Å². The number of carbonyl (C=O) groups excluding carboxylic acids is 2. The maximum absolute atomic E-state index is 12.6. The van der Waals surface area contributed by atoms with Gasteiger partial charge in [-0.05, 0) is 54.4 Å². The number of fused-ring (bicyclic) bond motifs is 1. The van der Waals surface area contributed by atoms with E-state index in [0.29, 0.717) is 11.4 Å². The molecule has 4 rings (SSSR count). The summed E-state index contributed by atoms with van der Waals surface area (Å²) >= 11 is 0. The lowest BCUT2D eigenvalue weighted by molar-refractivity contribution is -0.125. The first-order valence-corrected chi connectivity index (χ1v) is 12.3. The summed E-state index contributed by atoms with van der Waals surface area (Å²) in [5.74, 6) is -0.158. The first kappa shape index (κ1) is 24.0. The number of amides is 2. The molecular weight excluding hydrogens is 468 g/mol. The number of hydrogen-bond donors (Lipinski definition) is 3. The van der Waals surface area contributed by atoms with Crippen LogP contribution in [-0.2, 0) is 26.0 Å². The second kappa shape index (κ2) is 9.98. The monoisotopic (exact) mass is 492 g/mol. The van der Waals surface area contributed by atoms with E-state index in [1.165, 1.54) is 30.3 Å². The minimum absolute atomic E-state index is 0.00686. The number of benzene rings is 3. The SMILES string of the molecule is Cc1cc(NS(=O)(=O)c2ccc(NC(=O)[C@@H](C)NC(=O)Cc3cccc4ccccc34)cc2)no1. The Morgan fingerprint density at radius 2 is 1.71 bits per heavy atom. The van der Waals surface area contributed by atoms with Gasteiger partial charge in [-0.25, -0.2) is 8.42 Å². The molecule has 9 nitrogen and oxygen atoms in total. The zero-order valence-electron chi connectivity index (χ0n) is 19.1. The third-order valence-corrected chi connectivity index (χ3v) is 6.67. The molecule has 4 aromatic rings. The van der Waals surface area contributed by atoms with Gasteiger partial charge in [0.15, 0.2) is 5.82 Å². The highest BCUT2D eigenvalue weighted by atomic mass is 32.2. The molecule has 2 amide bonds. The van der Waals surface area contributed by atoms with Crippen molar-refractivity contribution in [3.63, 3.8) is 0 Å². The average molecular weight is 493 g/mol. The van der Waals surface area contributed by atoms with E-state index >= 15 is 0 Å². The molecule has 0 aliphatic carbocycles. The summed E-state index contributed by atoms with van der Waals surface area (Å²) in [5, 5.41) is 11.0. The van der Waals surface area contributed by atoms with Crippen molar-refractivity contribution in [3.8, 4) is 0 Å². The van der Waals surface area contributed by atoms with Gasteiger partial charge in [-0.15, -0.1) is 0 Å². The minimum Gasteiger partial charge on any atom is -0.360 e. The van der Waals surface area contributed by atoms with E-state index in [-0.39, 0.29) is 23.0 Å². The first-order valence-electron chi connectivity index (χ1n) is 10.8. The summed E-state index contributed by atoms with van der Waals surface area (Å²) in [6.45, 7) is 3.23. The van der Waals surface area contributed by atoms with Gasteiger partial charge in [-0.3, -0.25) is 14.3 Å².